The molecule has 0 aliphatic carbocycles. The first kappa shape index (κ1) is 17.5. The van der Waals surface area contributed by atoms with Gasteiger partial charge in [-0.3, -0.25) is 9.59 Å². The maximum Gasteiger partial charge on any atom is 0.258 e. The van der Waals surface area contributed by atoms with E-state index in [4.69, 9.17) is 4.74 Å². The van der Waals surface area contributed by atoms with Crippen molar-refractivity contribution in [2.45, 2.75) is 20.4 Å². The Hall–Kier alpha value is -2.82. The number of hydrogen-bond donors (Lipinski definition) is 2. The van der Waals surface area contributed by atoms with Gasteiger partial charge in [0.1, 0.15) is 5.75 Å². The molecule has 0 unspecified atom stereocenters. The molecule has 0 aliphatic rings. The smallest absolute Gasteiger partial charge is 0.258 e. The molecular formula is C19H22N2O3. The summed E-state index contributed by atoms with van der Waals surface area (Å²) < 4.78 is 5.42. The molecule has 0 radical (unpaired) electrons. The van der Waals surface area contributed by atoms with Crippen molar-refractivity contribution in [2.24, 2.45) is 0 Å². The molecule has 5 nitrogen and oxygen atoms in total. The average Bonchev–Trinajstić information content (AvgIpc) is 2.60. The molecule has 0 fully saturated rings. The average molecular weight is 326 g/mol. The van der Waals surface area contributed by atoms with Gasteiger partial charge in [0, 0.05) is 6.54 Å². The number of carbonyl (C=O) groups is 2. The van der Waals surface area contributed by atoms with Crippen LogP contribution in [0.5, 0.6) is 5.75 Å². The lowest BCUT2D eigenvalue weighted by atomic mass is 10.1. The standard InChI is InChI=1S/C19H22N2O3/c1-14-8-9-17(10-15(14)2)24-13-19(23)21-12-18(22)20-11-16-6-4-3-5-7-16/h3-10H,11-13H2,1-2H3,(H,20,22)(H,21,23). The van der Waals surface area contributed by atoms with Crippen molar-refractivity contribution < 1.29 is 14.3 Å². The number of hydrogen-bond acceptors (Lipinski definition) is 3. The molecule has 2 rings (SSSR count). The van der Waals surface area contributed by atoms with Gasteiger partial charge in [-0.1, -0.05) is 36.4 Å². The largest absolute Gasteiger partial charge is 0.484 e. The van der Waals surface area contributed by atoms with Crippen LogP contribution in [0.15, 0.2) is 48.5 Å². The molecule has 2 N–H and O–H groups in total. The van der Waals surface area contributed by atoms with Crippen molar-refractivity contribution >= 4 is 11.8 Å². The maximum atomic E-state index is 11.7. The quantitative estimate of drug-likeness (QED) is 0.819. The summed E-state index contributed by atoms with van der Waals surface area (Å²) in [5, 5.41) is 5.29. The van der Waals surface area contributed by atoms with Crippen LogP contribution in [-0.4, -0.2) is 25.0 Å². The van der Waals surface area contributed by atoms with Crippen LogP contribution in [-0.2, 0) is 16.1 Å². The molecule has 2 aromatic rings. The van der Waals surface area contributed by atoms with Crippen LogP contribution in [0.25, 0.3) is 0 Å². The van der Waals surface area contributed by atoms with Crippen molar-refractivity contribution in [3.63, 3.8) is 0 Å². The molecule has 0 spiro atoms. The zero-order chi connectivity index (χ0) is 17.4. The van der Waals surface area contributed by atoms with Gasteiger partial charge in [0.15, 0.2) is 6.61 Å². The minimum Gasteiger partial charge on any atom is -0.484 e. The minimum absolute atomic E-state index is 0.0675. The SMILES string of the molecule is Cc1ccc(OCC(=O)NCC(=O)NCc2ccccc2)cc1C. The second kappa shape index (κ2) is 8.72. The Labute approximate surface area is 142 Å². The van der Waals surface area contributed by atoms with Crippen LogP contribution < -0.4 is 15.4 Å². The number of ether oxygens (including phenoxy) is 1. The van der Waals surface area contributed by atoms with Crippen molar-refractivity contribution in [1.82, 2.24) is 10.6 Å². The summed E-state index contributed by atoms with van der Waals surface area (Å²) in [7, 11) is 0. The highest BCUT2D eigenvalue weighted by Gasteiger charge is 2.07. The fourth-order valence-corrected chi connectivity index (χ4v) is 2.04. The van der Waals surface area contributed by atoms with E-state index in [1.54, 1.807) is 0 Å². The molecule has 2 amide bonds. The predicted octanol–water partition coefficient (Wildman–Crippen LogP) is 2.11. The molecular weight excluding hydrogens is 304 g/mol. The highest BCUT2D eigenvalue weighted by Crippen LogP contribution is 2.16. The molecule has 0 heterocycles. The number of benzene rings is 2. The number of aryl methyl sites for hydroxylation is 2. The number of carbonyl (C=O) groups excluding carboxylic acids is 2. The zero-order valence-corrected chi connectivity index (χ0v) is 14.0. The fourth-order valence-electron chi connectivity index (χ4n) is 2.04. The van der Waals surface area contributed by atoms with Gasteiger partial charge in [0.2, 0.25) is 5.91 Å². The first-order valence-corrected chi connectivity index (χ1v) is 7.82. The molecule has 0 aromatic heterocycles. The molecule has 2 aromatic carbocycles. The Kier molecular flexibility index (Phi) is 6.37. The highest BCUT2D eigenvalue weighted by atomic mass is 16.5. The topological polar surface area (TPSA) is 67.4 Å². The second-order valence-corrected chi connectivity index (χ2v) is 5.57. The van der Waals surface area contributed by atoms with Gasteiger partial charge in [-0.15, -0.1) is 0 Å². The summed E-state index contributed by atoms with van der Waals surface area (Å²) in [6, 6.07) is 15.2. The third-order valence-corrected chi connectivity index (χ3v) is 3.63. The van der Waals surface area contributed by atoms with E-state index in [0.29, 0.717) is 12.3 Å². The Morgan fingerprint density at radius 2 is 1.67 bits per heavy atom. The first-order chi connectivity index (χ1) is 11.5. The van der Waals surface area contributed by atoms with E-state index in [2.05, 4.69) is 10.6 Å². The number of rotatable bonds is 7. The summed E-state index contributed by atoms with van der Waals surface area (Å²) in [6.45, 7) is 4.25. The molecule has 0 bridgehead atoms. The Bertz CT molecular complexity index is 699. The van der Waals surface area contributed by atoms with E-state index in [9.17, 15) is 9.59 Å². The normalized spacial score (nSPS) is 10.1. The summed E-state index contributed by atoms with van der Waals surface area (Å²) in [6.07, 6.45) is 0. The van der Waals surface area contributed by atoms with Crippen LogP contribution in [0.4, 0.5) is 0 Å². The van der Waals surface area contributed by atoms with Gasteiger partial charge in [-0.2, -0.15) is 0 Å². The van der Waals surface area contributed by atoms with Crippen LogP contribution in [0, 0.1) is 13.8 Å². The molecule has 0 saturated heterocycles. The molecule has 24 heavy (non-hydrogen) atoms. The lowest BCUT2D eigenvalue weighted by Crippen LogP contribution is -2.38. The zero-order valence-electron chi connectivity index (χ0n) is 14.0. The van der Waals surface area contributed by atoms with Crippen LogP contribution >= 0.6 is 0 Å². The molecule has 0 saturated carbocycles. The lowest BCUT2D eigenvalue weighted by Gasteiger charge is -2.09. The van der Waals surface area contributed by atoms with Gasteiger partial charge < -0.3 is 15.4 Å². The first-order valence-electron chi connectivity index (χ1n) is 7.82. The van der Waals surface area contributed by atoms with Crippen LogP contribution in [0.3, 0.4) is 0 Å². The Balaban J connectivity index is 1.67. The number of amides is 2. The molecule has 126 valence electrons. The fraction of sp³-hybridized carbons (Fsp3) is 0.263. The summed E-state index contributed by atoms with van der Waals surface area (Å²) in [5.74, 6) is 0.0725. The monoisotopic (exact) mass is 326 g/mol. The van der Waals surface area contributed by atoms with E-state index in [-0.39, 0.29) is 25.0 Å². The molecule has 0 aliphatic heterocycles. The summed E-state index contributed by atoms with van der Waals surface area (Å²) in [4.78, 5) is 23.4. The lowest BCUT2D eigenvalue weighted by molar-refractivity contribution is -0.127. The van der Waals surface area contributed by atoms with E-state index < -0.39 is 0 Å². The summed E-state index contributed by atoms with van der Waals surface area (Å²) in [5.41, 5.74) is 3.28. The van der Waals surface area contributed by atoms with Crippen molar-refractivity contribution in [3.05, 3.63) is 65.2 Å². The van der Waals surface area contributed by atoms with Gasteiger partial charge in [-0.25, -0.2) is 0 Å². The van der Waals surface area contributed by atoms with E-state index in [1.165, 1.54) is 5.56 Å². The summed E-state index contributed by atoms with van der Waals surface area (Å²) >= 11 is 0. The Morgan fingerprint density at radius 1 is 0.917 bits per heavy atom. The van der Waals surface area contributed by atoms with E-state index in [1.807, 2.05) is 62.4 Å². The molecule has 5 heteroatoms. The van der Waals surface area contributed by atoms with E-state index in [0.717, 1.165) is 11.1 Å². The third-order valence-electron chi connectivity index (χ3n) is 3.63. The minimum atomic E-state index is -0.330. The van der Waals surface area contributed by atoms with Crippen molar-refractivity contribution in [2.75, 3.05) is 13.2 Å². The van der Waals surface area contributed by atoms with Crippen LogP contribution in [0.1, 0.15) is 16.7 Å². The van der Waals surface area contributed by atoms with E-state index >= 15 is 0 Å². The van der Waals surface area contributed by atoms with Crippen molar-refractivity contribution in [1.29, 1.82) is 0 Å². The van der Waals surface area contributed by atoms with Gasteiger partial charge in [0.25, 0.3) is 5.91 Å². The number of nitrogens with one attached hydrogen (secondary N) is 2. The Morgan fingerprint density at radius 3 is 2.38 bits per heavy atom. The van der Waals surface area contributed by atoms with Crippen LogP contribution in [0.2, 0.25) is 0 Å². The third kappa shape index (κ3) is 5.76. The van der Waals surface area contributed by atoms with Gasteiger partial charge >= 0.3 is 0 Å². The van der Waals surface area contributed by atoms with Gasteiger partial charge in [0.05, 0.1) is 6.54 Å². The molecule has 0 atom stereocenters. The second-order valence-electron chi connectivity index (χ2n) is 5.57. The van der Waals surface area contributed by atoms with Crippen molar-refractivity contribution in [3.8, 4) is 5.75 Å². The maximum absolute atomic E-state index is 11.7. The highest BCUT2D eigenvalue weighted by molar-refractivity contribution is 5.85. The predicted molar refractivity (Wildman–Crippen MR) is 92.7 cm³/mol. The van der Waals surface area contributed by atoms with Gasteiger partial charge in [-0.05, 0) is 42.7 Å².